The van der Waals surface area contributed by atoms with Gasteiger partial charge < -0.3 is 15.4 Å². The standard InChI is InChI=1S/C20H18N4O2S2/c1-12-16(19(25)26-2)18(22-20(27)21-12)14-11-24(13-7-4-3-5-8-13)23-17(14)15-9-6-10-28-15/h3-11,18H,1-2H3,(H2,21,22,27)/t18-/m1/s1. The Morgan fingerprint density at radius 3 is 2.71 bits per heavy atom. The predicted molar refractivity (Wildman–Crippen MR) is 113 cm³/mol. The van der Waals surface area contributed by atoms with Crippen LogP contribution < -0.4 is 10.6 Å². The Kier molecular flexibility index (Phi) is 4.97. The van der Waals surface area contributed by atoms with Gasteiger partial charge in [-0.2, -0.15) is 5.10 Å². The molecular weight excluding hydrogens is 392 g/mol. The van der Waals surface area contributed by atoms with E-state index in [0.29, 0.717) is 16.4 Å². The number of benzene rings is 1. The molecule has 0 aliphatic carbocycles. The fraction of sp³-hybridized carbons (Fsp3) is 0.150. The summed E-state index contributed by atoms with van der Waals surface area (Å²) >= 11 is 6.94. The maximum atomic E-state index is 12.5. The second-order valence-corrected chi connectivity index (χ2v) is 7.61. The summed E-state index contributed by atoms with van der Waals surface area (Å²) in [5.41, 5.74) is 3.75. The maximum absolute atomic E-state index is 12.5. The minimum absolute atomic E-state index is 0.408. The van der Waals surface area contributed by atoms with Gasteiger partial charge in [-0.15, -0.1) is 11.3 Å². The molecule has 0 saturated carbocycles. The van der Waals surface area contributed by atoms with E-state index < -0.39 is 12.0 Å². The highest BCUT2D eigenvalue weighted by atomic mass is 32.1. The van der Waals surface area contributed by atoms with E-state index in [4.69, 9.17) is 22.1 Å². The summed E-state index contributed by atoms with van der Waals surface area (Å²) in [4.78, 5) is 13.5. The number of esters is 1. The number of ether oxygens (including phenoxy) is 1. The van der Waals surface area contributed by atoms with Crippen molar-refractivity contribution in [2.75, 3.05) is 7.11 Å². The van der Waals surface area contributed by atoms with Crippen LogP contribution in [0.2, 0.25) is 0 Å². The summed E-state index contributed by atoms with van der Waals surface area (Å²) in [5, 5.41) is 13.5. The lowest BCUT2D eigenvalue weighted by molar-refractivity contribution is -0.136. The van der Waals surface area contributed by atoms with Crippen molar-refractivity contribution in [1.82, 2.24) is 20.4 Å². The van der Waals surface area contributed by atoms with E-state index in [2.05, 4.69) is 10.6 Å². The van der Waals surface area contributed by atoms with Gasteiger partial charge in [0.25, 0.3) is 0 Å². The van der Waals surface area contributed by atoms with Crippen molar-refractivity contribution >= 4 is 34.6 Å². The quantitative estimate of drug-likeness (QED) is 0.506. The van der Waals surface area contributed by atoms with Crippen LogP contribution in [0.25, 0.3) is 16.3 Å². The highest BCUT2D eigenvalue weighted by Crippen LogP contribution is 2.36. The van der Waals surface area contributed by atoms with Crippen molar-refractivity contribution in [2.24, 2.45) is 0 Å². The Balaban J connectivity index is 1.90. The number of nitrogens with zero attached hydrogens (tertiary/aromatic N) is 2. The number of para-hydroxylation sites is 1. The van der Waals surface area contributed by atoms with E-state index in [-0.39, 0.29) is 0 Å². The number of allylic oxidation sites excluding steroid dienone is 1. The molecule has 2 aromatic heterocycles. The van der Waals surface area contributed by atoms with Crippen molar-refractivity contribution < 1.29 is 9.53 Å². The van der Waals surface area contributed by atoms with Gasteiger partial charge in [-0.05, 0) is 42.7 Å². The van der Waals surface area contributed by atoms with Gasteiger partial charge in [0.1, 0.15) is 5.69 Å². The smallest absolute Gasteiger partial charge is 0.337 e. The molecule has 3 aromatic rings. The number of hydrogen-bond acceptors (Lipinski definition) is 5. The summed E-state index contributed by atoms with van der Waals surface area (Å²) in [5.74, 6) is -0.408. The fourth-order valence-electron chi connectivity index (χ4n) is 3.22. The molecule has 1 aromatic carbocycles. The Morgan fingerprint density at radius 2 is 2.04 bits per heavy atom. The molecule has 0 saturated heterocycles. The number of thiophene rings is 1. The van der Waals surface area contributed by atoms with Crippen LogP contribution in [0.5, 0.6) is 0 Å². The minimum atomic E-state index is -0.462. The Bertz CT molecular complexity index is 1060. The number of hydrogen-bond donors (Lipinski definition) is 2. The summed E-state index contributed by atoms with van der Waals surface area (Å²) in [6.07, 6.45) is 1.94. The van der Waals surface area contributed by atoms with Crippen LogP contribution in [0.15, 0.2) is 65.3 Å². The highest BCUT2D eigenvalue weighted by Gasteiger charge is 2.34. The van der Waals surface area contributed by atoms with Gasteiger partial charge in [-0.1, -0.05) is 24.3 Å². The molecule has 8 heteroatoms. The first-order valence-corrected chi connectivity index (χ1v) is 9.92. The van der Waals surface area contributed by atoms with Crippen LogP contribution >= 0.6 is 23.6 Å². The van der Waals surface area contributed by atoms with Gasteiger partial charge >= 0.3 is 5.97 Å². The molecule has 0 bridgehead atoms. The third-order valence-corrected chi connectivity index (χ3v) is 5.60. The Labute approximate surface area is 171 Å². The van der Waals surface area contributed by atoms with E-state index in [0.717, 1.165) is 21.8 Å². The van der Waals surface area contributed by atoms with Crippen LogP contribution in [0.4, 0.5) is 0 Å². The lowest BCUT2D eigenvalue weighted by Crippen LogP contribution is -2.45. The van der Waals surface area contributed by atoms with Gasteiger partial charge in [0.15, 0.2) is 5.11 Å². The number of rotatable bonds is 4. The predicted octanol–water partition coefficient (Wildman–Crippen LogP) is 3.57. The Morgan fingerprint density at radius 1 is 1.25 bits per heavy atom. The second kappa shape index (κ2) is 7.57. The second-order valence-electron chi connectivity index (χ2n) is 6.25. The van der Waals surface area contributed by atoms with E-state index in [9.17, 15) is 4.79 Å². The molecule has 6 nitrogen and oxygen atoms in total. The van der Waals surface area contributed by atoms with Gasteiger partial charge in [0, 0.05) is 17.5 Å². The summed E-state index contributed by atoms with van der Waals surface area (Å²) in [6, 6.07) is 13.4. The topological polar surface area (TPSA) is 68.2 Å². The van der Waals surface area contributed by atoms with Gasteiger partial charge in [0.05, 0.1) is 29.3 Å². The molecule has 1 atom stereocenters. The van der Waals surface area contributed by atoms with Crippen molar-refractivity contribution in [3.05, 3.63) is 70.9 Å². The van der Waals surface area contributed by atoms with Gasteiger partial charge in [-0.3, -0.25) is 0 Å². The maximum Gasteiger partial charge on any atom is 0.337 e. The molecule has 3 heterocycles. The van der Waals surface area contributed by atoms with Crippen LogP contribution in [-0.4, -0.2) is 28.0 Å². The molecule has 4 rings (SSSR count). The summed E-state index contributed by atoms with van der Waals surface area (Å²) in [6.45, 7) is 1.82. The molecule has 0 radical (unpaired) electrons. The molecule has 0 fully saturated rings. The Hall–Kier alpha value is -2.97. The third-order valence-electron chi connectivity index (χ3n) is 4.50. The zero-order valence-corrected chi connectivity index (χ0v) is 16.9. The van der Waals surface area contributed by atoms with Gasteiger partial charge in [-0.25, -0.2) is 9.48 Å². The molecule has 1 aliphatic heterocycles. The van der Waals surface area contributed by atoms with E-state index in [1.807, 2.05) is 65.6 Å². The van der Waals surface area contributed by atoms with Crippen molar-refractivity contribution in [2.45, 2.75) is 13.0 Å². The lowest BCUT2D eigenvalue weighted by atomic mass is 9.95. The van der Waals surface area contributed by atoms with E-state index in [1.165, 1.54) is 7.11 Å². The number of thiocarbonyl (C=S) groups is 1. The zero-order valence-electron chi connectivity index (χ0n) is 15.3. The van der Waals surface area contributed by atoms with Crippen molar-refractivity contribution in [3.8, 4) is 16.3 Å². The fourth-order valence-corrected chi connectivity index (χ4v) is 4.23. The largest absolute Gasteiger partial charge is 0.466 e. The average molecular weight is 411 g/mol. The zero-order chi connectivity index (χ0) is 19.7. The van der Waals surface area contributed by atoms with Gasteiger partial charge in [0.2, 0.25) is 0 Å². The molecule has 28 heavy (non-hydrogen) atoms. The van der Waals surface area contributed by atoms with Crippen LogP contribution in [0.1, 0.15) is 18.5 Å². The lowest BCUT2D eigenvalue weighted by Gasteiger charge is -2.29. The van der Waals surface area contributed by atoms with Crippen LogP contribution in [-0.2, 0) is 9.53 Å². The highest BCUT2D eigenvalue weighted by molar-refractivity contribution is 7.80. The van der Waals surface area contributed by atoms with E-state index >= 15 is 0 Å². The summed E-state index contributed by atoms with van der Waals surface area (Å²) in [7, 11) is 1.38. The first-order valence-electron chi connectivity index (χ1n) is 8.64. The number of methoxy groups -OCH3 is 1. The minimum Gasteiger partial charge on any atom is -0.466 e. The first kappa shape index (κ1) is 18.4. The molecule has 2 N–H and O–H groups in total. The summed E-state index contributed by atoms with van der Waals surface area (Å²) < 4.78 is 6.85. The molecule has 0 unspecified atom stereocenters. The monoisotopic (exact) mass is 410 g/mol. The van der Waals surface area contributed by atoms with Crippen LogP contribution in [0, 0.1) is 0 Å². The van der Waals surface area contributed by atoms with Crippen molar-refractivity contribution in [3.63, 3.8) is 0 Å². The molecular formula is C20H18N4O2S2. The third kappa shape index (κ3) is 3.32. The van der Waals surface area contributed by atoms with E-state index in [1.54, 1.807) is 11.3 Å². The molecule has 0 spiro atoms. The number of nitrogens with one attached hydrogen (secondary N) is 2. The molecule has 0 amide bonds. The number of aromatic nitrogens is 2. The molecule has 142 valence electrons. The SMILES string of the molecule is COC(=O)C1=C(C)NC(=S)N[C@@H]1c1cn(-c2ccccc2)nc1-c1cccs1. The number of carbonyl (C=O) groups excluding carboxylic acids is 1. The average Bonchev–Trinajstić information content (AvgIpc) is 3.37. The first-order chi connectivity index (χ1) is 13.6. The molecule has 1 aliphatic rings. The van der Waals surface area contributed by atoms with Crippen LogP contribution in [0.3, 0.4) is 0 Å². The number of carbonyl (C=O) groups is 1. The normalized spacial score (nSPS) is 16.5. The van der Waals surface area contributed by atoms with Crippen molar-refractivity contribution in [1.29, 1.82) is 0 Å².